The number of amides is 1. The van der Waals surface area contributed by atoms with Gasteiger partial charge in [0.15, 0.2) is 21.5 Å². The normalized spacial score (nSPS) is 17.3. The molecule has 0 saturated carbocycles. The summed E-state index contributed by atoms with van der Waals surface area (Å²) in [6.45, 7) is 0.725. The lowest BCUT2D eigenvalue weighted by molar-refractivity contribution is -0.130. The van der Waals surface area contributed by atoms with Gasteiger partial charge in [-0.2, -0.15) is 0 Å². The molecule has 0 radical (unpaired) electrons. The Kier molecular flexibility index (Phi) is 11.5. The van der Waals surface area contributed by atoms with E-state index in [2.05, 4.69) is 26.8 Å². The Morgan fingerprint density at radius 2 is 1.67 bits per heavy atom. The van der Waals surface area contributed by atoms with Crippen molar-refractivity contribution in [2.24, 2.45) is 4.99 Å². The molecule has 0 aliphatic carbocycles. The van der Waals surface area contributed by atoms with Crippen molar-refractivity contribution < 1.29 is 27.8 Å². The van der Waals surface area contributed by atoms with E-state index >= 15 is 0 Å². The average molecular weight is 736 g/mol. The number of aliphatic imine (C=N–C) groups is 1. The van der Waals surface area contributed by atoms with Crippen LogP contribution in [0.25, 0.3) is 0 Å². The third-order valence-corrected chi connectivity index (χ3v) is 10.3. The van der Waals surface area contributed by atoms with Crippen molar-refractivity contribution in [3.63, 3.8) is 0 Å². The molecule has 0 saturated heterocycles. The first-order valence-electron chi connectivity index (χ1n) is 15.5. The summed E-state index contributed by atoms with van der Waals surface area (Å²) < 4.78 is 40.1. The van der Waals surface area contributed by atoms with Gasteiger partial charge in [-0.3, -0.25) is 10.2 Å². The molecule has 0 unspecified atom stereocenters. The SMILES string of the molecule is CN(C)c1ccc(CNNC(=O)[C@@]2(CCS(=O)(=O)c3ccccc3)N=C(c3ccc(OCCCO)cc3)O[C@H]2c2ccc(Br)cc2)cc1. The molecule has 48 heavy (non-hydrogen) atoms. The van der Waals surface area contributed by atoms with Gasteiger partial charge in [0, 0.05) is 55.8 Å². The molecular weight excluding hydrogens is 696 g/mol. The van der Waals surface area contributed by atoms with Crippen LogP contribution >= 0.6 is 15.9 Å². The number of carbonyl (C=O) groups excluding carboxylic acids is 1. The van der Waals surface area contributed by atoms with Gasteiger partial charge in [-0.25, -0.2) is 18.8 Å². The third-order valence-electron chi connectivity index (χ3n) is 8.00. The molecule has 3 N–H and O–H groups in total. The number of hydrogen-bond donors (Lipinski definition) is 3. The second kappa shape index (κ2) is 15.8. The van der Waals surface area contributed by atoms with Crippen LogP contribution in [-0.4, -0.2) is 63.9 Å². The maximum Gasteiger partial charge on any atom is 0.266 e. The Morgan fingerprint density at radius 3 is 2.31 bits per heavy atom. The Balaban J connectivity index is 1.49. The van der Waals surface area contributed by atoms with E-state index in [1.54, 1.807) is 54.6 Å². The highest BCUT2D eigenvalue weighted by Gasteiger charge is 2.53. The van der Waals surface area contributed by atoms with Gasteiger partial charge in [0.05, 0.1) is 17.3 Å². The van der Waals surface area contributed by atoms with Crippen molar-refractivity contribution in [3.05, 3.63) is 124 Å². The van der Waals surface area contributed by atoms with Crippen molar-refractivity contribution >= 4 is 43.3 Å². The van der Waals surface area contributed by atoms with Gasteiger partial charge in [-0.05, 0) is 71.8 Å². The number of benzene rings is 4. The number of sulfone groups is 1. The molecule has 1 aliphatic rings. The van der Waals surface area contributed by atoms with Crippen LogP contribution < -0.4 is 20.5 Å². The fourth-order valence-electron chi connectivity index (χ4n) is 5.29. The molecule has 2 atom stereocenters. The molecule has 1 aliphatic heterocycles. The van der Waals surface area contributed by atoms with Crippen molar-refractivity contribution in [3.8, 4) is 5.75 Å². The van der Waals surface area contributed by atoms with E-state index in [0.29, 0.717) is 36.4 Å². The number of anilines is 1. The van der Waals surface area contributed by atoms with E-state index in [1.807, 2.05) is 67.5 Å². The number of halogens is 1. The second-order valence-electron chi connectivity index (χ2n) is 11.6. The van der Waals surface area contributed by atoms with Crippen molar-refractivity contribution in [2.45, 2.75) is 35.9 Å². The number of aliphatic hydroxyl groups is 1. The molecule has 252 valence electrons. The number of carbonyl (C=O) groups is 1. The van der Waals surface area contributed by atoms with Crippen LogP contribution in [0.5, 0.6) is 5.75 Å². The predicted octanol–water partition coefficient (Wildman–Crippen LogP) is 5.22. The maximum atomic E-state index is 14.4. The highest BCUT2D eigenvalue weighted by Crippen LogP contribution is 2.43. The zero-order valence-electron chi connectivity index (χ0n) is 26.8. The van der Waals surface area contributed by atoms with Gasteiger partial charge in [0.2, 0.25) is 5.90 Å². The summed E-state index contributed by atoms with van der Waals surface area (Å²) in [5.74, 6) is -0.0590. The minimum absolute atomic E-state index is 0.0297. The van der Waals surface area contributed by atoms with Crippen molar-refractivity contribution in [1.29, 1.82) is 0 Å². The smallest absolute Gasteiger partial charge is 0.266 e. The van der Waals surface area contributed by atoms with Crippen LogP contribution in [0.1, 0.15) is 35.6 Å². The summed E-state index contributed by atoms with van der Waals surface area (Å²) >= 11 is 3.47. The minimum Gasteiger partial charge on any atom is -0.494 e. The van der Waals surface area contributed by atoms with Gasteiger partial charge in [-0.1, -0.05) is 58.4 Å². The second-order valence-corrected chi connectivity index (χ2v) is 14.6. The van der Waals surface area contributed by atoms with Crippen LogP contribution in [-0.2, 0) is 25.9 Å². The first-order valence-corrected chi connectivity index (χ1v) is 18.0. The van der Waals surface area contributed by atoms with Gasteiger partial charge < -0.3 is 19.5 Å². The minimum atomic E-state index is -3.78. The summed E-state index contributed by atoms with van der Waals surface area (Å²) in [6.07, 6.45) is -0.582. The quantitative estimate of drug-likeness (QED) is 0.112. The fraction of sp³-hybridized carbons (Fsp3) is 0.278. The highest BCUT2D eigenvalue weighted by atomic mass is 79.9. The average Bonchev–Trinajstić information content (AvgIpc) is 3.50. The fourth-order valence-corrected chi connectivity index (χ4v) is 6.94. The van der Waals surface area contributed by atoms with E-state index in [1.165, 1.54) is 0 Å². The number of aliphatic hydroxyl groups excluding tert-OH is 1. The number of nitrogens with zero attached hydrogens (tertiary/aromatic N) is 2. The molecule has 0 fully saturated rings. The molecule has 0 bridgehead atoms. The first-order chi connectivity index (χ1) is 23.1. The van der Waals surface area contributed by atoms with E-state index in [4.69, 9.17) is 19.6 Å². The topological polar surface area (TPSA) is 130 Å². The van der Waals surface area contributed by atoms with Gasteiger partial charge in [0.25, 0.3) is 5.91 Å². The molecule has 4 aromatic carbocycles. The molecule has 1 amide bonds. The zero-order chi connectivity index (χ0) is 34.1. The molecule has 5 rings (SSSR count). The van der Waals surface area contributed by atoms with Crippen LogP contribution in [0.2, 0.25) is 0 Å². The molecule has 10 nitrogen and oxygen atoms in total. The van der Waals surface area contributed by atoms with E-state index in [9.17, 15) is 13.2 Å². The molecule has 12 heteroatoms. The van der Waals surface area contributed by atoms with Gasteiger partial charge in [0.1, 0.15) is 5.75 Å². The van der Waals surface area contributed by atoms with Crippen LogP contribution in [0.3, 0.4) is 0 Å². The molecule has 0 spiro atoms. The molecule has 0 aromatic heterocycles. The molecule has 4 aromatic rings. The first kappa shape index (κ1) is 35.1. The molecular formula is C36H39BrN4O6S. The number of ether oxygens (including phenoxy) is 2. The van der Waals surface area contributed by atoms with Crippen LogP contribution in [0.4, 0.5) is 5.69 Å². The molecule has 1 heterocycles. The maximum absolute atomic E-state index is 14.4. The standard InChI is InChI=1S/C36H39BrN4O6S/c1-41(2)30-17-9-26(10-18-30)25-38-40-35(43)36(21-24-48(44,45)32-7-4-3-5-8-32)33(27-11-15-29(37)16-12-27)47-34(39-36)28-13-19-31(20-14-28)46-23-6-22-42/h3-5,7-20,33,38,42H,6,21-25H2,1-2H3,(H,40,43)/t33-,36-/m0/s1. The Bertz CT molecular complexity index is 1800. The summed E-state index contributed by atoms with van der Waals surface area (Å²) in [6, 6.07) is 30.5. The third kappa shape index (κ3) is 8.43. The van der Waals surface area contributed by atoms with Crippen molar-refractivity contribution in [1.82, 2.24) is 10.9 Å². The van der Waals surface area contributed by atoms with Gasteiger partial charge in [-0.15, -0.1) is 0 Å². The Hall–Kier alpha value is -4.23. The zero-order valence-corrected chi connectivity index (χ0v) is 29.2. The lowest BCUT2D eigenvalue weighted by Crippen LogP contribution is -2.53. The number of nitrogens with one attached hydrogen (secondary N) is 2. The number of hydrogen-bond acceptors (Lipinski definition) is 9. The van der Waals surface area contributed by atoms with Gasteiger partial charge >= 0.3 is 0 Å². The Labute approximate surface area is 289 Å². The van der Waals surface area contributed by atoms with E-state index in [0.717, 1.165) is 15.7 Å². The number of rotatable bonds is 15. The highest BCUT2D eigenvalue weighted by molar-refractivity contribution is 9.10. The summed E-state index contributed by atoms with van der Waals surface area (Å²) in [7, 11) is 0.154. The van der Waals surface area contributed by atoms with Crippen LogP contribution in [0.15, 0.2) is 117 Å². The number of hydrazine groups is 1. The predicted molar refractivity (Wildman–Crippen MR) is 190 cm³/mol. The summed E-state index contributed by atoms with van der Waals surface area (Å²) in [5.41, 5.74) is 7.44. The Morgan fingerprint density at radius 1 is 0.979 bits per heavy atom. The van der Waals surface area contributed by atoms with Crippen LogP contribution in [0, 0.1) is 0 Å². The summed E-state index contributed by atoms with van der Waals surface area (Å²) in [4.78, 5) is 21.5. The van der Waals surface area contributed by atoms with Crippen molar-refractivity contribution in [2.75, 3.05) is 38.0 Å². The largest absolute Gasteiger partial charge is 0.494 e. The van der Waals surface area contributed by atoms with E-state index in [-0.39, 0.29) is 29.6 Å². The lowest BCUT2D eigenvalue weighted by Gasteiger charge is -2.30. The monoisotopic (exact) mass is 734 g/mol. The summed E-state index contributed by atoms with van der Waals surface area (Å²) in [5, 5.41) is 9.07. The van der Waals surface area contributed by atoms with E-state index < -0.39 is 27.4 Å². The lowest BCUT2D eigenvalue weighted by atomic mass is 9.85.